The Morgan fingerprint density at radius 3 is 2.57 bits per heavy atom. The Labute approximate surface area is 133 Å². The van der Waals surface area contributed by atoms with Gasteiger partial charge in [0.15, 0.2) is 18.2 Å². The average Bonchev–Trinajstić information content (AvgIpc) is 2.49. The van der Waals surface area contributed by atoms with Crippen LogP contribution in [-0.2, 0) is 4.79 Å². The van der Waals surface area contributed by atoms with Crippen LogP contribution in [0.25, 0.3) is 0 Å². The number of halogens is 1. The topological polar surface area (TPSA) is 67.4 Å². The molecule has 0 atom stereocenters. The fraction of sp³-hybridized carbons (Fsp3) is 0.176. The molecule has 5 nitrogen and oxygen atoms in total. The number of hydrogen-bond acceptors (Lipinski definition) is 3. The van der Waals surface area contributed by atoms with Gasteiger partial charge in [-0.05, 0) is 37.6 Å². The van der Waals surface area contributed by atoms with Gasteiger partial charge in [-0.1, -0.05) is 29.8 Å². The Morgan fingerprint density at radius 1 is 1.13 bits per heavy atom. The standard InChI is InChI=1S/C17H17FN2O3/c1-11-7-8-14(12(2)9-11)19-17(22)20-16(21)10-23-15-6-4-3-5-13(15)18/h3-9H,10H2,1-2H3,(H2,19,20,21,22). The number of anilines is 1. The smallest absolute Gasteiger partial charge is 0.325 e. The molecule has 0 radical (unpaired) electrons. The molecular weight excluding hydrogens is 299 g/mol. The largest absolute Gasteiger partial charge is 0.481 e. The summed E-state index contributed by atoms with van der Waals surface area (Å²) in [4.78, 5) is 23.4. The van der Waals surface area contributed by atoms with E-state index in [4.69, 9.17) is 4.74 Å². The van der Waals surface area contributed by atoms with Crippen LogP contribution in [0.4, 0.5) is 14.9 Å². The van der Waals surface area contributed by atoms with Crippen LogP contribution < -0.4 is 15.4 Å². The molecule has 0 saturated heterocycles. The highest BCUT2D eigenvalue weighted by molar-refractivity contribution is 6.01. The minimum atomic E-state index is -0.671. The molecule has 23 heavy (non-hydrogen) atoms. The van der Waals surface area contributed by atoms with Gasteiger partial charge < -0.3 is 10.1 Å². The van der Waals surface area contributed by atoms with Gasteiger partial charge in [0.25, 0.3) is 5.91 Å². The number of amides is 3. The van der Waals surface area contributed by atoms with E-state index in [2.05, 4.69) is 10.6 Å². The fourth-order valence-corrected chi connectivity index (χ4v) is 1.98. The number of imide groups is 1. The number of carbonyl (C=O) groups excluding carboxylic acids is 2. The maximum atomic E-state index is 13.3. The first-order valence-electron chi connectivity index (χ1n) is 7.01. The summed E-state index contributed by atoms with van der Waals surface area (Å²) in [5.41, 5.74) is 2.56. The van der Waals surface area contributed by atoms with Gasteiger partial charge in [-0.15, -0.1) is 0 Å². The van der Waals surface area contributed by atoms with E-state index in [-0.39, 0.29) is 5.75 Å². The van der Waals surface area contributed by atoms with Crippen molar-refractivity contribution in [1.29, 1.82) is 0 Å². The zero-order valence-electron chi connectivity index (χ0n) is 12.9. The molecule has 3 amide bonds. The molecule has 0 unspecified atom stereocenters. The Kier molecular flexibility index (Phi) is 5.30. The van der Waals surface area contributed by atoms with Crippen LogP contribution in [0.1, 0.15) is 11.1 Å². The van der Waals surface area contributed by atoms with Crippen molar-refractivity contribution in [3.8, 4) is 5.75 Å². The maximum Gasteiger partial charge on any atom is 0.325 e. The highest BCUT2D eigenvalue weighted by Gasteiger charge is 2.11. The van der Waals surface area contributed by atoms with E-state index in [1.807, 2.05) is 26.0 Å². The van der Waals surface area contributed by atoms with Gasteiger partial charge in [0.1, 0.15) is 0 Å². The summed E-state index contributed by atoms with van der Waals surface area (Å²) in [5.74, 6) is -1.28. The highest BCUT2D eigenvalue weighted by Crippen LogP contribution is 2.16. The van der Waals surface area contributed by atoms with E-state index in [9.17, 15) is 14.0 Å². The normalized spacial score (nSPS) is 10.0. The van der Waals surface area contributed by atoms with Gasteiger partial charge in [-0.25, -0.2) is 9.18 Å². The van der Waals surface area contributed by atoms with Crippen molar-refractivity contribution in [2.75, 3.05) is 11.9 Å². The first kappa shape index (κ1) is 16.5. The van der Waals surface area contributed by atoms with Gasteiger partial charge in [0.05, 0.1) is 0 Å². The lowest BCUT2D eigenvalue weighted by molar-refractivity contribution is -0.121. The van der Waals surface area contributed by atoms with E-state index >= 15 is 0 Å². The second-order valence-electron chi connectivity index (χ2n) is 5.04. The van der Waals surface area contributed by atoms with Crippen molar-refractivity contribution in [1.82, 2.24) is 5.32 Å². The quantitative estimate of drug-likeness (QED) is 0.910. The number of ether oxygens (including phenoxy) is 1. The van der Waals surface area contributed by atoms with Gasteiger partial charge in [-0.3, -0.25) is 10.1 Å². The van der Waals surface area contributed by atoms with Crippen molar-refractivity contribution >= 4 is 17.6 Å². The van der Waals surface area contributed by atoms with Gasteiger partial charge in [0.2, 0.25) is 0 Å². The van der Waals surface area contributed by atoms with Gasteiger partial charge >= 0.3 is 6.03 Å². The summed E-state index contributed by atoms with van der Waals surface area (Å²) in [6, 6.07) is 10.6. The van der Waals surface area contributed by atoms with E-state index in [1.54, 1.807) is 12.1 Å². The summed E-state index contributed by atoms with van der Waals surface area (Å²) in [7, 11) is 0. The second kappa shape index (κ2) is 7.40. The van der Waals surface area contributed by atoms with Gasteiger partial charge in [-0.2, -0.15) is 0 Å². The fourth-order valence-electron chi connectivity index (χ4n) is 1.98. The maximum absolute atomic E-state index is 13.3. The third kappa shape index (κ3) is 4.81. The number of urea groups is 1. The molecule has 0 aromatic heterocycles. The van der Waals surface area contributed by atoms with Crippen LogP contribution in [0, 0.1) is 19.7 Å². The van der Waals surface area contributed by atoms with E-state index in [0.717, 1.165) is 11.1 Å². The van der Waals surface area contributed by atoms with Crippen molar-refractivity contribution in [3.63, 3.8) is 0 Å². The second-order valence-corrected chi connectivity index (χ2v) is 5.04. The van der Waals surface area contributed by atoms with Crippen LogP contribution in [0.3, 0.4) is 0 Å². The third-order valence-electron chi connectivity index (χ3n) is 3.08. The molecule has 6 heteroatoms. The molecule has 0 saturated carbocycles. The lowest BCUT2D eigenvalue weighted by atomic mass is 10.1. The molecule has 120 valence electrons. The Hall–Kier alpha value is -2.89. The van der Waals surface area contributed by atoms with Crippen molar-refractivity contribution in [2.45, 2.75) is 13.8 Å². The molecule has 0 bridgehead atoms. The molecule has 0 aliphatic rings. The molecule has 0 aliphatic heterocycles. The molecule has 2 aromatic rings. The Morgan fingerprint density at radius 2 is 1.87 bits per heavy atom. The van der Waals surface area contributed by atoms with Crippen LogP contribution >= 0.6 is 0 Å². The lowest BCUT2D eigenvalue weighted by Gasteiger charge is -2.10. The number of nitrogens with one attached hydrogen (secondary N) is 2. The van der Waals surface area contributed by atoms with Crippen molar-refractivity contribution in [2.24, 2.45) is 0 Å². The molecular formula is C17H17FN2O3. The van der Waals surface area contributed by atoms with Gasteiger partial charge in [0, 0.05) is 5.69 Å². The summed E-state index contributed by atoms with van der Waals surface area (Å²) in [5, 5.41) is 4.70. The average molecular weight is 316 g/mol. The summed E-state index contributed by atoms with van der Waals surface area (Å²) in [6.45, 7) is 3.34. The molecule has 2 N–H and O–H groups in total. The van der Waals surface area contributed by atoms with E-state index in [0.29, 0.717) is 5.69 Å². The van der Waals surface area contributed by atoms with E-state index in [1.165, 1.54) is 18.2 Å². The first-order valence-corrected chi connectivity index (χ1v) is 7.01. The molecule has 0 fully saturated rings. The number of hydrogen-bond donors (Lipinski definition) is 2. The third-order valence-corrected chi connectivity index (χ3v) is 3.08. The van der Waals surface area contributed by atoms with Crippen molar-refractivity contribution < 1.29 is 18.7 Å². The van der Waals surface area contributed by atoms with E-state index < -0.39 is 24.4 Å². The number of rotatable bonds is 4. The Balaban J connectivity index is 1.85. The predicted octanol–water partition coefficient (Wildman–Crippen LogP) is 3.17. The molecule has 0 aliphatic carbocycles. The number of benzene rings is 2. The summed E-state index contributed by atoms with van der Waals surface area (Å²) in [6.07, 6.45) is 0. The molecule has 2 rings (SSSR count). The van der Waals surface area contributed by atoms with Crippen LogP contribution in [0.5, 0.6) is 5.75 Å². The summed E-state index contributed by atoms with van der Waals surface area (Å²) < 4.78 is 18.4. The van der Waals surface area contributed by atoms with Crippen LogP contribution in [-0.4, -0.2) is 18.5 Å². The number of para-hydroxylation sites is 1. The lowest BCUT2D eigenvalue weighted by Crippen LogP contribution is -2.37. The molecule has 0 heterocycles. The summed E-state index contributed by atoms with van der Waals surface area (Å²) >= 11 is 0. The molecule has 0 spiro atoms. The van der Waals surface area contributed by atoms with Crippen molar-refractivity contribution in [3.05, 3.63) is 59.4 Å². The first-order chi connectivity index (χ1) is 11.0. The number of carbonyl (C=O) groups is 2. The minimum absolute atomic E-state index is 0.0440. The highest BCUT2D eigenvalue weighted by atomic mass is 19.1. The SMILES string of the molecule is Cc1ccc(NC(=O)NC(=O)COc2ccccc2F)c(C)c1. The minimum Gasteiger partial charge on any atom is -0.481 e. The zero-order valence-corrected chi connectivity index (χ0v) is 12.9. The molecule has 2 aromatic carbocycles. The monoisotopic (exact) mass is 316 g/mol. The number of aryl methyl sites for hydroxylation is 2. The van der Waals surface area contributed by atoms with Crippen LogP contribution in [0.15, 0.2) is 42.5 Å². The van der Waals surface area contributed by atoms with Crippen LogP contribution in [0.2, 0.25) is 0 Å². The Bertz CT molecular complexity index is 732. The predicted molar refractivity (Wildman–Crippen MR) is 85.0 cm³/mol. The zero-order chi connectivity index (χ0) is 16.8.